The quantitative estimate of drug-likeness (QED) is 0.291. The van der Waals surface area contributed by atoms with Gasteiger partial charge in [-0.3, -0.25) is 4.79 Å². The van der Waals surface area contributed by atoms with E-state index in [1.165, 1.54) is 23.3 Å². The molecule has 0 saturated carbocycles. The van der Waals surface area contributed by atoms with Gasteiger partial charge in [-0.05, 0) is 71.8 Å². The molecule has 176 valence electrons. The summed E-state index contributed by atoms with van der Waals surface area (Å²) in [6, 6.07) is 32.2. The summed E-state index contributed by atoms with van der Waals surface area (Å²) in [5, 5.41) is 0. The van der Waals surface area contributed by atoms with E-state index in [-0.39, 0.29) is 11.9 Å². The molecule has 0 aromatic heterocycles. The average molecular weight is 466 g/mol. The molecule has 5 rings (SSSR count). The molecule has 3 nitrogen and oxygen atoms in total. The summed E-state index contributed by atoms with van der Waals surface area (Å²) in [7, 11) is 0. The van der Waals surface area contributed by atoms with Crippen LogP contribution in [-0.2, 0) is 19.6 Å². The largest absolute Gasteiger partial charge is 0.489 e. The maximum atomic E-state index is 14.0. The van der Waals surface area contributed by atoms with Gasteiger partial charge in [-0.1, -0.05) is 72.8 Å². The molecule has 0 bridgehead atoms. The van der Waals surface area contributed by atoms with Gasteiger partial charge in [-0.15, -0.1) is 0 Å². The molecule has 4 heteroatoms. The number of amides is 1. The van der Waals surface area contributed by atoms with Crippen LogP contribution in [0.25, 0.3) is 0 Å². The maximum Gasteiger partial charge on any atom is 0.254 e. The second-order valence-corrected chi connectivity index (χ2v) is 8.97. The highest BCUT2D eigenvalue weighted by atomic mass is 19.1. The molecular formula is C31H28FNO2. The maximum absolute atomic E-state index is 14.0. The van der Waals surface area contributed by atoms with Crippen LogP contribution in [0.15, 0.2) is 103 Å². The zero-order chi connectivity index (χ0) is 24.0. The highest BCUT2D eigenvalue weighted by Crippen LogP contribution is 2.36. The van der Waals surface area contributed by atoms with Crippen molar-refractivity contribution in [1.29, 1.82) is 0 Å². The SMILES string of the molecule is O=C(c1cccc(F)c1)N(Cc1cccc(OCc2ccccc2)c1)C1CCCc2ccccc21. The number of nitrogens with zero attached hydrogens (tertiary/aromatic N) is 1. The first-order valence-corrected chi connectivity index (χ1v) is 12.1. The minimum atomic E-state index is -0.406. The summed E-state index contributed by atoms with van der Waals surface area (Å²) >= 11 is 0. The molecule has 1 atom stereocenters. The molecule has 0 heterocycles. The van der Waals surface area contributed by atoms with Gasteiger partial charge in [0.25, 0.3) is 5.91 Å². The standard InChI is InChI=1S/C31H28FNO2/c32-27-15-7-14-26(20-27)31(34)33(30-18-8-13-25-12-4-5-17-29(25)30)21-24-11-6-16-28(19-24)35-22-23-9-2-1-3-10-23/h1-7,9-12,14-17,19-20,30H,8,13,18,21-22H2. The number of fused-ring (bicyclic) bond motifs is 1. The predicted octanol–water partition coefficient (Wildman–Crippen LogP) is 7.12. The number of carbonyl (C=O) groups is 1. The molecule has 0 fully saturated rings. The van der Waals surface area contributed by atoms with E-state index in [2.05, 4.69) is 12.1 Å². The van der Waals surface area contributed by atoms with Gasteiger partial charge in [0, 0.05) is 12.1 Å². The van der Waals surface area contributed by atoms with Gasteiger partial charge in [0.2, 0.25) is 0 Å². The van der Waals surface area contributed by atoms with Crippen LogP contribution in [0, 0.1) is 5.82 Å². The van der Waals surface area contributed by atoms with Crippen LogP contribution >= 0.6 is 0 Å². The second-order valence-electron chi connectivity index (χ2n) is 8.97. The Kier molecular flexibility index (Phi) is 6.89. The molecule has 1 amide bonds. The third-order valence-electron chi connectivity index (χ3n) is 6.55. The van der Waals surface area contributed by atoms with E-state index >= 15 is 0 Å². The Labute approximate surface area is 205 Å². The number of aryl methyl sites for hydroxylation is 1. The molecule has 1 aliphatic rings. The molecule has 0 radical (unpaired) electrons. The molecule has 4 aromatic rings. The number of hydrogen-bond donors (Lipinski definition) is 0. The van der Waals surface area contributed by atoms with Crippen LogP contribution in [0.3, 0.4) is 0 Å². The first kappa shape index (κ1) is 22.9. The number of hydrogen-bond acceptors (Lipinski definition) is 2. The van der Waals surface area contributed by atoms with Crippen LogP contribution in [-0.4, -0.2) is 10.8 Å². The summed E-state index contributed by atoms with van der Waals surface area (Å²) in [5.41, 5.74) is 4.90. The predicted molar refractivity (Wildman–Crippen MR) is 136 cm³/mol. The van der Waals surface area contributed by atoms with Gasteiger partial charge < -0.3 is 9.64 Å². The van der Waals surface area contributed by atoms with Crippen LogP contribution in [0.5, 0.6) is 5.75 Å². The van der Waals surface area contributed by atoms with E-state index in [0.717, 1.165) is 36.1 Å². The van der Waals surface area contributed by atoms with E-state index in [0.29, 0.717) is 18.7 Å². The second kappa shape index (κ2) is 10.6. The molecule has 0 saturated heterocycles. The Hall–Kier alpha value is -3.92. The van der Waals surface area contributed by atoms with Crippen molar-refractivity contribution in [2.75, 3.05) is 0 Å². The van der Waals surface area contributed by atoms with Crippen molar-refractivity contribution in [3.63, 3.8) is 0 Å². The molecule has 0 spiro atoms. The zero-order valence-electron chi connectivity index (χ0n) is 19.6. The Morgan fingerprint density at radius 2 is 1.63 bits per heavy atom. The Balaban J connectivity index is 1.43. The van der Waals surface area contributed by atoms with E-state index in [1.807, 2.05) is 71.6 Å². The molecule has 0 N–H and O–H groups in total. The topological polar surface area (TPSA) is 29.5 Å². The Morgan fingerprint density at radius 1 is 0.857 bits per heavy atom. The first-order valence-electron chi connectivity index (χ1n) is 12.1. The van der Waals surface area contributed by atoms with Crippen LogP contribution in [0.1, 0.15) is 51.5 Å². The Morgan fingerprint density at radius 3 is 2.49 bits per heavy atom. The minimum Gasteiger partial charge on any atom is -0.489 e. The highest BCUT2D eigenvalue weighted by molar-refractivity contribution is 5.94. The van der Waals surface area contributed by atoms with Crippen molar-refractivity contribution in [2.45, 2.75) is 38.5 Å². The number of halogens is 1. The molecule has 0 aliphatic heterocycles. The number of rotatable bonds is 7. The third kappa shape index (κ3) is 5.43. The molecule has 4 aromatic carbocycles. The smallest absolute Gasteiger partial charge is 0.254 e. The lowest BCUT2D eigenvalue weighted by Crippen LogP contribution is -2.36. The van der Waals surface area contributed by atoms with E-state index < -0.39 is 5.82 Å². The summed E-state index contributed by atoms with van der Waals surface area (Å²) in [4.78, 5) is 15.6. The van der Waals surface area contributed by atoms with Crippen molar-refractivity contribution in [1.82, 2.24) is 4.90 Å². The Bertz CT molecular complexity index is 1300. The van der Waals surface area contributed by atoms with Gasteiger partial charge >= 0.3 is 0 Å². The zero-order valence-corrected chi connectivity index (χ0v) is 19.6. The molecule has 35 heavy (non-hydrogen) atoms. The van der Waals surface area contributed by atoms with Crippen molar-refractivity contribution >= 4 is 5.91 Å². The lowest BCUT2D eigenvalue weighted by atomic mass is 9.86. The van der Waals surface area contributed by atoms with Crippen LogP contribution in [0.2, 0.25) is 0 Å². The lowest BCUT2D eigenvalue weighted by Gasteiger charge is -2.36. The molecule has 1 unspecified atom stereocenters. The van der Waals surface area contributed by atoms with E-state index in [1.54, 1.807) is 12.1 Å². The lowest BCUT2D eigenvalue weighted by molar-refractivity contribution is 0.0637. The van der Waals surface area contributed by atoms with Crippen molar-refractivity contribution in [2.24, 2.45) is 0 Å². The fraction of sp³-hybridized carbons (Fsp3) is 0.194. The average Bonchev–Trinajstić information content (AvgIpc) is 2.91. The first-order chi connectivity index (χ1) is 17.2. The van der Waals surface area contributed by atoms with Crippen molar-refractivity contribution in [3.05, 3.63) is 137 Å². The van der Waals surface area contributed by atoms with E-state index in [9.17, 15) is 9.18 Å². The molecule has 1 aliphatic carbocycles. The molecular weight excluding hydrogens is 437 g/mol. The summed E-state index contributed by atoms with van der Waals surface area (Å²) in [6.07, 6.45) is 2.90. The van der Waals surface area contributed by atoms with Crippen molar-refractivity contribution in [3.8, 4) is 5.75 Å². The van der Waals surface area contributed by atoms with Gasteiger partial charge in [0.1, 0.15) is 18.2 Å². The highest BCUT2D eigenvalue weighted by Gasteiger charge is 2.30. The van der Waals surface area contributed by atoms with Crippen molar-refractivity contribution < 1.29 is 13.9 Å². The summed E-state index contributed by atoms with van der Waals surface area (Å²) < 4.78 is 20.0. The summed E-state index contributed by atoms with van der Waals surface area (Å²) in [5.74, 6) is 0.187. The third-order valence-corrected chi connectivity index (χ3v) is 6.55. The van der Waals surface area contributed by atoms with Gasteiger partial charge in [0.05, 0.1) is 6.04 Å². The van der Waals surface area contributed by atoms with Crippen LogP contribution < -0.4 is 4.74 Å². The number of ether oxygens (including phenoxy) is 1. The van der Waals surface area contributed by atoms with Gasteiger partial charge in [-0.2, -0.15) is 0 Å². The number of carbonyl (C=O) groups excluding carboxylic acids is 1. The monoisotopic (exact) mass is 465 g/mol. The fourth-order valence-electron chi connectivity index (χ4n) is 4.83. The van der Waals surface area contributed by atoms with Gasteiger partial charge in [0.15, 0.2) is 0 Å². The van der Waals surface area contributed by atoms with Gasteiger partial charge in [-0.25, -0.2) is 4.39 Å². The fourth-order valence-corrected chi connectivity index (χ4v) is 4.83. The normalized spacial score (nSPS) is 14.7. The van der Waals surface area contributed by atoms with Crippen LogP contribution in [0.4, 0.5) is 4.39 Å². The minimum absolute atomic E-state index is 0.0652. The number of benzene rings is 4. The summed E-state index contributed by atoms with van der Waals surface area (Å²) in [6.45, 7) is 0.892. The van der Waals surface area contributed by atoms with E-state index in [4.69, 9.17) is 4.74 Å².